The summed E-state index contributed by atoms with van der Waals surface area (Å²) in [5.74, 6) is -0.208. The van der Waals surface area contributed by atoms with Crippen LogP contribution in [0, 0.1) is 0 Å². The summed E-state index contributed by atoms with van der Waals surface area (Å²) in [7, 11) is 0. The second-order valence-corrected chi connectivity index (χ2v) is 7.09. The van der Waals surface area contributed by atoms with Gasteiger partial charge in [0.2, 0.25) is 5.95 Å². The van der Waals surface area contributed by atoms with E-state index >= 15 is 0 Å². The van der Waals surface area contributed by atoms with Crippen molar-refractivity contribution in [2.24, 2.45) is 11.5 Å². The van der Waals surface area contributed by atoms with Crippen molar-refractivity contribution >= 4 is 23.4 Å². The van der Waals surface area contributed by atoms with E-state index in [1.54, 1.807) is 24.5 Å². The van der Waals surface area contributed by atoms with Crippen LogP contribution in [0.2, 0.25) is 0 Å². The molecule has 156 valence electrons. The number of primary amides is 1. The third-order valence-electron chi connectivity index (χ3n) is 5.00. The Hall–Kier alpha value is -3.60. The van der Waals surface area contributed by atoms with Crippen LogP contribution < -0.4 is 22.1 Å². The van der Waals surface area contributed by atoms with Gasteiger partial charge in [-0.05, 0) is 37.5 Å². The Labute approximate surface area is 171 Å². The zero-order valence-electron chi connectivity index (χ0n) is 16.1. The van der Waals surface area contributed by atoms with E-state index in [9.17, 15) is 9.18 Å². The third-order valence-corrected chi connectivity index (χ3v) is 5.00. The number of nitrogens with one attached hydrogen (secondary N) is 2. The van der Waals surface area contributed by atoms with Crippen LogP contribution in [-0.2, 0) is 0 Å². The maximum Gasteiger partial charge on any atom is 0.254 e. The fourth-order valence-electron chi connectivity index (χ4n) is 3.42. The fourth-order valence-corrected chi connectivity index (χ4v) is 3.42. The summed E-state index contributed by atoms with van der Waals surface area (Å²) < 4.78 is 13.9. The van der Waals surface area contributed by atoms with Gasteiger partial charge >= 0.3 is 0 Å². The van der Waals surface area contributed by atoms with Gasteiger partial charge in [0.15, 0.2) is 0 Å². The Balaban J connectivity index is 1.59. The lowest BCUT2D eigenvalue weighted by molar-refractivity contribution is 0.100. The molecule has 1 fully saturated rings. The van der Waals surface area contributed by atoms with E-state index in [0.29, 0.717) is 18.5 Å². The molecule has 0 bridgehead atoms. The second-order valence-electron chi connectivity index (χ2n) is 7.09. The molecule has 30 heavy (non-hydrogen) atoms. The number of amides is 1. The molecule has 6 N–H and O–H groups in total. The number of hydrogen-bond donors (Lipinski definition) is 4. The van der Waals surface area contributed by atoms with Crippen molar-refractivity contribution in [1.29, 1.82) is 0 Å². The van der Waals surface area contributed by atoms with E-state index in [4.69, 9.17) is 11.5 Å². The van der Waals surface area contributed by atoms with Crippen LogP contribution in [0.25, 0.3) is 5.69 Å². The molecule has 10 nitrogen and oxygen atoms in total. The Morgan fingerprint density at radius 2 is 2.03 bits per heavy atom. The Bertz CT molecular complexity index is 1030. The lowest BCUT2D eigenvalue weighted by atomic mass is 9.89. The average Bonchev–Trinajstić information content (AvgIpc) is 3.27. The minimum atomic E-state index is -1.07. The van der Waals surface area contributed by atoms with E-state index in [2.05, 4.69) is 30.8 Å². The number of carbonyl (C=O) groups excluding carboxylic acids is 1. The predicted octanol–water partition coefficient (Wildman–Crippen LogP) is 1.53. The first-order chi connectivity index (χ1) is 14.5. The first-order valence-electron chi connectivity index (χ1n) is 9.58. The molecule has 0 saturated heterocycles. The molecule has 1 saturated carbocycles. The number of benzene rings is 1. The third kappa shape index (κ3) is 4.20. The molecule has 11 heteroatoms. The zero-order chi connectivity index (χ0) is 21.1. The normalized spacial score (nSPS) is 21.2. The highest BCUT2D eigenvalue weighted by atomic mass is 19.1. The number of aromatic nitrogens is 5. The molecule has 2 heterocycles. The lowest BCUT2D eigenvalue weighted by Gasteiger charge is -2.32. The maximum absolute atomic E-state index is 13.9. The minimum absolute atomic E-state index is 0.125. The van der Waals surface area contributed by atoms with Crippen molar-refractivity contribution < 1.29 is 9.18 Å². The van der Waals surface area contributed by atoms with E-state index in [1.807, 2.05) is 12.1 Å². The van der Waals surface area contributed by atoms with Gasteiger partial charge in [-0.15, -0.1) is 0 Å². The minimum Gasteiger partial charge on any atom is -0.365 e. The Kier molecular flexibility index (Phi) is 5.53. The quantitative estimate of drug-likeness (QED) is 0.477. The van der Waals surface area contributed by atoms with Crippen LogP contribution in [0.15, 0.2) is 42.9 Å². The number of nitrogens with zero attached hydrogens (tertiary/aromatic N) is 5. The monoisotopic (exact) mass is 411 g/mol. The number of carbonyl (C=O) groups is 1. The van der Waals surface area contributed by atoms with Gasteiger partial charge in [-0.2, -0.15) is 20.0 Å². The van der Waals surface area contributed by atoms with Crippen LogP contribution in [0.3, 0.4) is 0 Å². The zero-order valence-corrected chi connectivity index (χ0v) is 16.1. The van der Waals surface area contributed by atoms with E-state index < -0.39 is 18.1 Å². The van der Waals surface area contributed by atoms with Crippen LogP contribution in [-0.4, -0.2) is 49.1 Å². The van der Waals surface area contributed by atoms with Crippen molar-refractivity contribution in [3.8, 4) is 5.69 Å². The van der Waals surface area contributed by atoms with Gasteiger partial charge in [0.1, 0.15) is 17.6 Å². The van der Waals surface area contributed by atoms with Crippen molar-refractivity contribution in [2.45, 2.75) is 37.5 Å². The summed E-state index contributed by atoms with van der Waals surface area (Å²) in [5.41, 5.74) is 12.9. The molecule has 1 amide bonds. The standard InChI is InChI=1S/C19H22FN9O/c20-14-5-2-6-15(16(14)21)27-19-23-10-13(17(22)30)18(28-19)26-11-3-1-4-12(9-11)29-24-7-8-25-29/h1,3-4,7-10,14-16H,2,5-6,21H2,(H2,22,30)(H2,23,26,27,28)/t14-,15-,16+/m1/s1. The molecule has 0 unspecified atom stereocenters. The highest BCUT2D eigenvalue weighted by Gasteiger charge is 2.31. The number of halogens is 1. The van der Waals surface area contributed by atoms with Crippen molar-refractivity contribution in [3.05, 3.63) is 48.4 Å². The molecular weight excluding hydrogens is 389 g/mol. The first kappa shape index (κ1) is 19.7. The Morgan fingerprint density at radius 1 is 1.23 bits per heavy atom. The van der Waals surface area contributed by atoms with Crippen molar-refractivity contribution in [3.63, 3.8) is 0 Å². The van der Waals surface area contributed by atoms with E-state index in [1.165, 1.54) is 11.0 Å². The lowest BCUT2D eigenvalue weighted by Crippen LogP contribution is -2.49. The molecular formula is C19H22FN9O. The molecule has 3 atom stereocenters. The highest BCUT2D eigenvalue weighted by molar-refractivity contribution is 5.98. The smallest absolute Gasteiger partial charge is 0.254 e. The van der Waals surface area contributed by atoms with Crippen LogP contribution in [0.1, 0.15) is 29.6 Å². The van der Waals surface area contributed by atoms with Gasteiger partial charge in [-0.25, -0.2) is 9.37 Å². The van der Waals surface area contributed by atoms with Gasteiger partial charge in [-0.1, -0.05) is 6.07 Å². The number of alkyl halides is 1. The summed E-state index contributed by atoms with van der Waals surface area (Å²) in [5, 5.41) is 14.4. The van der Waals surface area contributed by atoms with Crippen LogP contribution >= 0.6 is 0 Å². The van der Waals surface area contributed by atoms with Gasteiger partial charge in [0, 0.05) is 17.9 Å². The molecule has 2 aromatic heterocycles. The summed E-state index contributed by atoms with van der Waals surface area (Å²) in [6.45, 7) is 0. The molecule has 1 aromatic carbocycles. The predicted molar refractivity (Wildman–Crippen MR) is 109 cm³/mol. The number of anilines is 3. The van der Waals surface area contributed by atoms with E-state index in [-0.39, 0.29) is 23.4 Å². The topological polar surface area (TPSA) is 150 Å². The number of rotatable bonds is 6. The molecule has 3 aromatic rings. The number of nitrogens with two attached hydrogens (primary N) is 2. The summed E-state index contributed by atoms with van der Waals surface area (Å²) in [6, 6.07) is 6.31. The summed E-state index contributed by atoms with van der Waals surface area (Å²) >= 11 is 0. The van der Waals surface area contributed by atoms with Crippen LogP contribution in [0.4, 0.5) is 21.8 Å². The molecule has 4 rings (SSSR count). The molecule has 0 aliphatic heterocycles. The fraction of sp³-hybridized carbons (Fsp3) is 0.316. The van der Waals surface area contributed by atoms with Gasteiger partial charge in [0.05, 0.1) is 24.1 Å². The van der Waals surface area contributed by atoms with Gasteiger partial charge in [0.25, 0.3) is 5.91 Å². The SMILES string of the molecule is NC(=O)c1cnc(N[C@@H]2CCC[C@@H](F)[C@@H]2N)nc1Nc1cccc(-n2nccn2)c1. The van der Waals surface area contributed by atoms with Crippen LogP contribution in [0.5, 0.6) is 0 Å². The van der Waals surface area contributed by atoms with Crippen molar-refractivity contribution in [1.82, 2.24) is 25.0 Å². The largest absolute Gasteiger partial charge is 0.365 e. The molecule has 0 spiro atoms. The first-order valence-corrected chi connectivity index (χ1v) is 9.58. The Morgan fingerprint density at radius 3 is 2.80 bits per heavy atom. The molecule has 1 aliphatic carbocycles. The second kappa shape index (κ2) is 8.41. The summed E-state index contributed by atoms with van der Waals surface area (Å²) in [6.07, 6.45) is 5.31. The van der Waals surface area contributed by atoms with Gasteiger partial charge < -0.3 is 22.1 Å². The van der Waals surface area contributed by atoms with E-state index in [0.717, 1.165) is 12.1 Å². The van der Waals surface area contributed by atoms with Gasteiger partial charge in [-0.3, -0.25) is 4.79 Å². The summed E-state index contributed by atoms with van der Waals surface area (Å²) in [4.78, 5) is 21.8. The van der Waals surface area contributed by atoms with Crippen molar-refractivity contribution in [2.75, 3.05) is 10.6 Å². The molecule has 0 radical (unpaired) electrons. The average molecular weight is 411 g/mol. The maximum atomic E-state index is 13.9. The highest BCUT2D eigenvalue weighted by Crippen LogP contribution is 2.25. The molecule has 1 aliphatic rings. The number of hydrogen-bond acceptors (Lipinski definition) is 8.